The molecule has 29 heavy (non-hydrogen) atoms. The number of carbonyl (C=O) groups excluding carboxylic acids is 1. The second-order valence-electron chi connectivity index (χ2n) is 6.17. The van der Waals surface area contributed by atoms with Gasteiger partial charge < -0.3 is 14.5 Å². The van der Waals surface area contributed by atoms with Gasteiger partial charge in [0, 0.05) is 23.5 Å². The molecule has 8 heteroatoms. The number of rotatable bonds is 7. The van der Waals surface area contributed by atoms with Crippen molar-refractivity contribution in [1.82, 2.24) is 14.7 Å². The monoisotopic (exact) mass is 409 g/mol. The molecule has 0 atom stereocenters. The molecule has 0 saturated heterocycles. The Hall–Kier alpha value is -3.52. The van der Waals surface area contributed by atoms with Crippen molar-refractivity contribution in [2.75, 3.05) is 0 Å². The fraction of sp³-hybridized carbons (Fsp3) is 0.0952. The number of carbonyl (C=O) groups is 1. The van der Waals surface area contributed by atoms with Crippen LogP contribution in [0.15, 0.2) is 71.3 Å². The van der Waals surface area contributed by atoms with E-state index in [0.717, 1.165) is 17.1 Å². The molecule has 0 aliphatic rings. The lowest BCUT2D eigenvalue weighted by Crippen LogP contribution is -2.22. The zero-order chi connectivity index (χ0) is 20.1. The zero-order valence-corrected chi connectivity index (χ0v) is 16.0. The van der Waals surface area contributed by atoms with Crippen molar-refractivity contribution in [3.63, 3.8) is 0 Å². The maximum absolute atomic E-state index is 13.0. The van der Waals surface area contributed by atoms with Gasteiger partial charge in [-0.2, -0.15) is 9.36 Å². The van der Waals surface area contributed by atoms with Crippen LogP contribution in [0.2, 0.25) is 0 Å². The Morgan fingerprint density at radius 1 is 1.14 bits per heavy atom. The van der Waals surface area contributed by atoms with Gasteiger partial charge in [-0.15, -0.1) is 0 Å². The number of aromatic nitrogens is 2. The quantitative estimate of drug-likeness (QED) is 0.483. The summed E-state index contributed by atoms with van der Waals surface area (Å²) in [7, 11) is 0. The summed E-state index contributed by atoms with van der Waals surface area (Å²) in [4.78, 5) is 16.7. The zero-order valence-electron chi connectivity index (χ0n) is 15.2. The fourth-order valence-electron chi connectivity index (χ4n) is 2.62. The molecule has 2 aromatic carbocycles. The molecule has 146 valence electrons. The van der Waals surface area contributed by atoms with E-state index in [-0.39, 0.29) is 11.7 Å². The minimum atomic E-state index is -0.280. The largest absolute Gasteiger partial charge is 0.467 e. The van der Waals surface area contributed by atoms with Gasteiger partial charge in [0.1, 0.15) is 17.3 Å². The molecule has 0 bridgehead atoms. The molecular weight excluding hydrogens is 393 g/mol. The van der Waals surface area contributed by atoms with Crippen LogP contribution in [0.1, 0.15) is 27.5 Å². The summed E-state index contributed by atoms with van der Waals surface area (Å²) in [6.07, 6.45) is 2.04. The minimum Gasteiger partial charge on any atom is -0.467 e. The van der Waals surface area contributed by atoms with Gasteiger partial charge in [-0.1, -0.05) is 18.2 Å². The summed E-state index contributed by atoms with van der Waals surface area (Å²) in [5.74, 6) is 1.23. The van der Waals surface area contributed by atoms with Crippen molar-refractivity contribution in [3.05, 3.63) is 95.5 Å². The molecule has 0 fully saturated rings. The average Bonchev–Trinajstić information content (AvgIpc) is 3.40. The Bertz CT molecular complexity index is 1090. The van der Waals surface area contributed by atoms with E-state index < -0.39 is 0 Å². The highest BCUT2D eigenvalue weighted by Crippen LogP contribution is 2.24. The van der Waals surface area contributed by atoms with E-state index in [1.807, 2.05) is 0 Å². The lowest BCUT2D eigenvalue weighted by atomic mass is 10.1. The smallest absolute Gasteiger partial charge is 0.298 e. The third kappa shape index (κ3) is 5.05. The van der Waals surface area contributed by atoms with Crippen LogP contribution in [0.5, 0.6) is 10.9 Å². The molecule has 0 radical (unpaired) electrons. The first kappa shape index (κ1) is 18.8. The fourth-order valence-corrected chi connectivity index (χ4v) is 3.19. The lowest BCUT2D eigenvalue weighted by Gasteiger charge is -2.06. The highest BCUT2D eigenvalue weighted by Gasteiger charge is 2.11. The predicted molar refractivity (Wildman–Crippen MR) is 106 cm³/mol. The van der Waals surface area contributed by atoms with Crippen molar-refractivity contribution < 1.29 is 18.3 Å². The van der Waals surface area contributed by atoms with Gasteiger partial charge in [0.15, 0.2) is 5.82 Å². The first-order chi connectivity index (χ1) is 14.2. The van der Waals surface area contributed by atoms with Crippen LogP contribution in [0.4, 0.5) is 4.39 Å². The normalized spacial score (nSPS) is 10.7. The molecule has 0 aliphatic heterocycles. The van der Waals surface area contributed by atoms with E-state index in [2.05, 4.69) is 14.7 Å². The number of hydrogen-bond acceptors (Lipinski definition) is 6. The van der Waals surface area contributed by atoms with Crippen LogP contribution in [0.25, 0.3) is 0 Å². The second-order valence-corrected chi connectivity index (χ2v) is 6.89. The number of nitrogens with zero attached hydrogens (tertiary/aromatic N) is 2. The van der Waals surface area contributed by atoms with Crippen molar-refractivity contribution >= 4 is 17.4 Å². The Kier molecular flexibility index (Phi) is 5.62. The van der Waals surface area contributed by atoms with Gasteiger partial charge in [0.25, 0.3) is 11.1 Å². The number of ether oxygens (including phenoxy) is 1. The summed E-state index contributed by atoms with van der Waals surface area (Å²) in [5, 5.41) is 3.16. The van der Waals surface area contributed by atoms with Crippen molar-refractivity contribution in [2.24, 2.45) is 0 Å². The van der Waals surface area contributed by atoms with Crippen LogP contribution in [0.3, 0.4) is 0 Å². The first-order valence-electron chi connectivity index (χ1n) is 8.81. The average molecular weight is 409 g/mol. The van der Waals surface area contributed by atoms with Crippen molar-refractivity contribution in [3.8, 4) is 10.9 Å². The second kappa shape index (κ2) is 8.66. The highest BCUT2D eigenvalue weighted by atomic mass is 32.1. The molecule has 4 aromatic rings. The van der Waals surface area contributed by atoms with Crippen LogP contribution < -0.4 is 10.1 Å². The summed E-state index contributed by atoms with van der Waals surface area (Å²) in [6.45, 7) is 0.306. The standard InChI is InChI=1S/C21H16FN3O3S/c22-16-8-6-14(7-9-16)11-19-24-21(29-25-19)28-17-4-1-3-15(12-17)20(26)23-13-18-5-2-10-27-18/h1-10,12H,11,13H2,(H,23,26). The summed E-state index contributed by atoms with van der Waals surface area (Å²) < 4.78 is 28.2. The van der Waals surface area contributed by atoms with Gasteiger partial charge in [-0.3, -0.25) is 4.79 Å². The van der Waals surface area contributed by atoms with E-state index in [1.165, 1.54) is 12.1 Å². The molecule has 2 aromatic heterocycles. The van der Waals surface area contributed by atoms with E-state index >= 15 is 0 Å². The van der Waals surface area contributed by atoms with Crippen LogP contribution >= 0.6 is 11.5 Å². The third-order valence-electron chi connectivity index (χ3n) is 4.03. The minimum absolute atomic E-state index is 0.235. The topological polar surface area (TPSA) is 77.2 Å². The highest BCUT2D eigenvalue weighted by molar-refractivity contribution is 7.07. The number of halogens is 1. The maximum Gasteiger partial charge on any atom is 0.298 e. The van der Waals surface area contributed by atoms with E-state index in [0.29, 0.717) is 41.1 Å². The van der Waals surface area contributed by atoms with Crippen molar-refractivity contribution in [2.45, 2.75) is 13.0 Å². The number of nitrogens with one attached hydrogen (secondary N) is 1. The first-order valence-corrected chi connectivity index (χ1v) is 9.58. The molecule has 1 amide bonds. The van der Waals surface area contributed by atoms with Gasteiger partial charge in [-0.25, -0.2) is 4.39 Å². The number of furan rings is 1. The molecule has 4 rings (SSSR count). The summed E-state index contributed by atoms with van der Waals surface area (Å²) >= 11 is 1.12. The van der Waals surface area contributed by atoms with E-state index in [1.54, 1.807) is 54.8 Å². The molecule has 6 nitrogen and oxygen atoms in total. The number of benzene rings is 2. The molecule has 0 spiro atoms. The molecular formula is C21H16FN3O3S. The Morgan fingerprint density at radius 3 is 2.79 bits per heavy atom. The van der Waals surface area contributed by atoms with Gasteiger partial charge in [0.2, 0.25) is 0 Å². The summed E-state index contributed by atoms with van der Waals surface area (Å²) in [5.41, 5.74) is 1.37. The molecule has 1 N–H and O–H groups in total. The van der Waals surface area contributed by atoms with Crippen LogP contribution in [-0.2, 0) is 13.0 Å². The molecule has 0 aliphatic carbocycles. The SMILES string of the molecule is O=C(NCc1ccco1)c1cccc(Oc2nc(Cc3ccc(F)cc3)ns2)c1. The maximum atomic E-state index is 13.0. The predicted octanol–water partition coefficient (Wildman–Crippen LogP) is 4.58. The van der Waals surface area contributed by atoms with Gasteiger partial charge in [0.05, 0.1) is 12.8 Å². The van der Waals surface area contributed by atoms with Gasteiger partial charge >= 0.3 is 0 Å². The molecule has 0 saturated carbocycles. The number of hydrogen-bond donors (Lipinski definition) is 1. The van der Waals surface area contributed by atoms with Gasteiger partial charge in [-0.05, 0) is 48.0 Å². The molecule has 2 heterocycles. The summed E-state index contributed by atoms with van der Waals surface area (Å²) in [6, 6.07) is 16.6. The number of amides is 1. The van der Waals surface area contributed by atoms with E-state index in [4.69, 9.17) is 9.15 Å². The lowest BCUT2D eigenvalue weighted by molar-refractivity contribution is 0.0947. The van der Waals surface area contributed by atoms with Crippen molar-refractivity contribution in [1.29, 1.82) is 0 Å². The van der Waals surface area contributed by atoms with Crippen LogP contribution in [-0.4, -0.2) is 15.3 Å². The third-order valence-corrected chi connectivity index (χ3v) is 4.66. The Labute approximate surface area is 170 Å². The Morgan fingerprint density at radius 2 is 2.00 bits per heavy atom. The van der Waals surface area contributed by atoms with E-state index in [9.17, 15) is 9.18 Å². The molecule has 0 unspecified atom stereocenters. The van der Waals surface area contributed by atoms with Crippen LogP contribution in [0, 0.1) is 5.82 Å². The Balaban J connectivity index is 1.38.